The molecule has 100 valence electrons. The van der Waals surface area contributed by atoms with Crippen LogP contribution < -0.4 is 0 Å². The van der Waals surface area contributed by atoms with Gasteiger partial charge in [-0.25, -0.2) is 9.18 Å². The normalized spacial score (nSPS) is 10.6. The molecule has 2 rings (SSSR count). The molecule has 0 spiro atoms. The average Bonchev–Trinajstić information content (AvgIpc) is 2.77. The van der Waals surface area contributed by atoms with E-state index in [1.54, 1.807) is 0 Å². The molecule has 0 unspecified atom stereocenters. The number of halogens is 2. The molecule has 19 heavy (non-hydrogen) atoms. The van der Waals surface area contributed by atoms with Crippen molar-refractivity contribution in [3.8, 4) is 11.5 Å². The van der Waals surface area contributed by atoms with Crippen molar-refractivity contribution >= 4 is 17.6 Å². The maximum atomic E-state index is 13.6. The van der Waals surface area contributed by atoms with Crippen LogP contribution in [-0.4, -0.2) is 27.9 Å². The fourth-order valence-corrected chi connectivity index (χ4v) is 1.47. The van der Waals surface area contributed by atoms with E-state index < -0.39 is 18.4 Å². The lowest BCUT2D eigenvalue weighted by atomic mass is 10.2. The van der Waals surface area contributed by atoms with Gasteiger partial charge in [0.2, 0.25) is 5.89 Å². The molecule has 0 aliphatic rings. The van der Waals surface area contributed by atoms with Gasteiger partial charge >= 0.3 is 5.97 Å². The highest BCUT2D eigenvalue weighted by atomic mass is 35.5. The number of aromatic nitrogens is 2. The molecule has 1 N–H and O–H groups in total. The van der Waals surface area contributed by atoms with E-state index in [0.29, 0.717) is 0 Å². The summed E-state index contributed by atoms with van der Waals surface area (Å²) in [4.78, 5) is 10.2. The molecule has 0 atom stereocenters. The number of aliphatic carboxylic acids is 1. The molecule has 2 aromatic rings. The highest BCUT2D eigenvalue weighted by molar-refractivity contribution is 6.30. The van der Waals surface area contributed by atoms with E-state index in [1.807, 2.05) is 0 Å². The Kier molecular flexibility index (Phi) is 4.08. The standard InChI is InChI=1S/C11H8ClFN2O4/c12-6-1-2-7(8(13)3-6)11-15-14-9(19-11)4-18-5-10(16)17/h1-3H,4-5H2,(H,16,17). The Balaban J connectivity index is 2.10. The predicted octanol–water partition coefficient (Wildman–Crippen LogP) is 2.13. The Labute approximate surface area is 111 Å². The van der Waals surface area contributed by atoms with E-state index in [4.69, 9.17) is 25.9 Å². The van der Waals surface area contributed by atoms with Gasteiger partial charge in [-0.05, 0) is 18.2 Å². The first-order valence-electron chi connectivity index (χ1n) is 5.13. The molecule has 0 amide bonds. The molecule has 0 radical (unpaired) electrons. The largest absolute Gasteiger partial charge is 0.480 e. The molecular formula is C11H8ClFN2O4. The summed E-state index contributed by atoms with van der Waals surface area (Å²) in [5.41, 5.74) is 0.112. The zero-order valence-electron chi connectivity index (χ0n) is 9.47. The van der Waals surface area contributed by atoms with Gasteiger partial charge in [0, 0.05) is 5.02 Å². The topological polar surface area (TPSA) is 85.5 Å². The summed E-state index contributed by atoms with van der Waals surface area (Å²) in [6.45, 7) is -0.637. The Morgan fingerprint density at radius 2 is 2.26 bits per heavy atom. The van der Waals surface area contributed by atoms with Crippen LogP contribution in [0.1, 0.15) is 5.89 Å². The summed E-state index contributed by atoms with van der Waals surface area (Å²) in [7, 11) is 0. The zero-order valence-corrected chi connectivity index (χ0v) is 10.2. The molecule has 1 aromatic carbocycles. The number of rotatable bonds is 5. The van der Waals surface area contributed by atoms with Crippen molar-refractivity contribution in [1.29, 1.82) is 0 Å². The van der Waals surface area contributed by atoms with Crippen LogP contribution in [0, 0.1) is 5.82 Å². The van der Waals surface area contributed by atoms with E-state index in [0.717, 1.165) is 6.07 Å². The Hall–Kier alpha value is -1.99. The van der Waals surface area contributed by atoms with Gasteiger partial charge in [-0.3, -0.25) is 0 Å². The van der Waals surface area contributed by atoms with E-state index in [9.17, 15) is 9.18 Å². The molecule has 0 aliphatic carbocycles. The summed E-state index contributed by atoms with van der Waals surface area (Å²) >= 11 is 5.63. The molecule has 6 nitrogen and oxygen atoms in total. The smallest absolute Gasteiger partial charge is 0.329 e. The van der Waals surface area contributed by atoms with Gasteiger partial charge in [0.05, 0.1) is 5.56 Å². The van der Waals surface area contributed by atoms with Gasteiger partial charge < -0.3 is 14.3 Å². The summed E-state index contributed by atoms with van der Waals surface area (Å²) in [5.74, 6) is -1.66. The maximum Gasteiger partial charge on any atom is 0.329 e. The summed E-state index contributed by atoms with van der Waals surface area (Å²) < 4.78 is 23.5. The third-order valence-electron chi connectivity index (χ3n) is 2.08. The fourth-order valence-electron chi connectivity index (χ4n) is 1.31. The number of carbonyl (C=O) groups is 1. The fraction of sp³-hybridized carbons (Fsp3) is 0.182. The second kappa shape index (κ2) is 5.77. The molecule has 0 saturated carbocycles. The van der Waals surface area contributed by atoms with E-state index >= 15 is 0 Å². The van der Waals surface area contributed by atoms with Crippen molar-refractivity contribution in [3.05, 3.63) is 34.9 Å². The van der Waals surface area contributed by atoms with Crippen LogP contribution in [0.5, 0.6) is 0 Å². The minimum Gasteiger partial charge on any atom is -0.480 e. The van der Waals surface area contributed by atoms with E-state index in [-0.39, 0.29) is 29.0 Å². The summed E-state index contributed by atoms with van der Waals surface area (Å²) in [5, 5.41) is 15.9. The van der Waals surface area contributed by atoms with Crippen molar-refractivity contribution in [2.24, 2.45) is 0 Å². The Bertz CT molecular complexity index is 602. The van der Waals surface area contributed by atoms with Crippen molar-refractivity contribution in [2.75, 3.05) is 6.61 Å². The van der Waals surface area contributed by atoms with Gasteiger partial charge in [-0.1, -0.05) is 11.6 Å². The van der Waals surface area contributed by atoms with Gasteiger partial charge in [0.15, 0.2) is 0 Å². The number of ether oxygens (including phenoxy) is 1. The van der Waals surface area contributed by atoms with Crippen LogP contribution >= 0.6 is 11.6 Å². The monoisotopic (exact) mass is 286 g/mol. The summed E-state index contributed by atoms with van der Waals surface area (Å²) in [6, 6.07) is 4.03. The average molecular weight is 287 g/mol. The first-order chi connectivity index (χ1) is 9.06. The highest BCUT2D eigenvalue weighted by Gasteiger charge is 2.13. The van der Waals surface area contributed by atoms with Gasteiger partial charge in [0.1, 0.15) is 19.0 Å². The molecule has 0 saturated heterocycles. The molecule has 0 aliphatic heterocycles. The quantitative estimate of drug-likeness (QED) is 0.906. The SMILES string of the molecule is O=C(O)COCc1nnc(-c2ccc(Cl)cc2F)o1. The molecule has 0 bridgehead atoms. The van der Waals surface area contributed by atoms with Crippen LogP contribution in [0.15, 0.2) is 22.6 Å². The highest BCUT2D eigenvalue weighted by Crippen LogP contribution is 2.24. The zero-order chi connectivity index (χ0) is 13.8. The van der Waals surface area contributed by atoms with Crippen molar-refractivity contribution in [3.63, 3.8) is 0 Å². The number of hydrogen-bond acceptors (Lipinski definition) is 5. The minimum atomic E-state index is -1.11. The second-order valence-electron chi connectivity index (χ2n) is 3.51. The number of carboxylic acids is 1. The van der Waals surface area contributed by atoms with Crippen LogP contribution in [-0.2, 0) is 16.1 Å². The third-order valence-corrected chi connectivity index (χ3v) is 2.31. The van der Waals surface area contributed by atoms with Crippen LogP contribution in [0.3, 0.4) is 0 Å². The second-order valence-corrected chi connectivity index (χ2v) is 3.95. The van der Waals surface area contributed by atoms with Gasteiger partial charge in [0.25, 0.3) is 5.89 Å². The van der Waals surface area contributed by atoms with Crippen molar-refractivity contribution in [2.45, 2.75) is 6.61 Å². The Morgan fingerprint density at radius 1 is 1.47 bits per heavy atom. The first-order valence-corrected chi connectivity index (χ1v) is 5.51. The molecule has 0 fully saturated rings. The van der Waals surface area contributed by atoms with Crippen molar-refractivity contribution in [1.82, 2.24) is 10.2 Å². The van der Waals surface area contributed by atoms with Crippen LogP contribution in [0.4, 0.5) is 4.39 Å². The number of hydrogen-bond donors (Lipinski definition) is 1. The molecule has 8 heteroatoms. The lowest BCUT2D eigenvalue weighted by Gasteiger charge is -1.98. The Morgan fingerprint density at radius 3 is 2.95 bits per heavy atom. The van der Waals surface area contributed by atoms with Crippen LogP contribution in [0.2, 0.25) is 5.02 Å². The van der Waals surface area contributed by atoms with Gasteiger partial charge in [-0.2, -0.15) is 0 Å². The number of benzene rings is 1. The third kappa shape index (κ3) is 3.49. The molecule has 1 heterocycles. The maximum absolute atomic E-state index is 13.6. The molecular weight excluding hydrogens is 279 g/mol. The lowest BCUT2D eigenvalue weighted by Crippen LogP contribution is -2.06. The van der Waals surface area contributed by atoms with Gasteiger partial charge in [-0.15, -0.1) is 10.2 Å². The number of carboxylic acid groups (broad SMARTS) is 1. The lowest BCUT2D eigenvalue weighted by molar-refractivity contribution is -0.142. The van der Waals surface area contributed by atoms with E-state index in [2.05, 4.69) is 10.2 Å². The number of nitrogens with zero attached hydrogens (tertiary/aromatic N) is 2. The first kappa shape index (κ1) is 13.4. The predicted molar refractivity (Wildman–Crippen MR) is 62.0 cm³/mol. The van der Waals surface area contributed by atoms with Crippen LogP contribution in [0.25, 0.3) is 11.5 Å². The molecule has 1 aromatic heterocycles. The summed E-state index contributed by atoms with van der Waals surface area (Å²) in [6.07, 6.45) is 0. The van der Waals surface area contributed by atoms with Crippen molar-refractivity contribution < 1.29 is 23.4 Å². The van der Waals surface area contributed by atoms with E-state index in [1.165, 1.54) is 12.1 Å². The minimum absolute atomic E-state index is 0.0249.